The number of allylic oxidation sites excluding steroid dienone is 1. The molecule has 0 aliphatic carbocycles. The Morgan fingerprint density at radius 1 is 1.32 bits per heavy atom. The molecule has 1 heterocycles. The van der Waals surface area contributed by atoms with Crippen molar-refractivity contribution in [3.8, 4) is 0 Å². The third kappa shape index (κ3) is 5.05. The molecule has 1 aromatic carbocycles. The highest BCUT2D eigenvalue weighted by Crippen LogP contribution is 2.24. The summed E-state index contributed by atoms with van der Waals surface area (Å²) in [6.07, 6.45) is 5.92. The number of rotatable bonds is 6. The van der Waals surface area contributed by atoms with Crippen LogP contribution in [-0.2, 0) is 20.8 Å². The van der Waals surface area contributed by atoms with Crippen molar-refractivity contribution in [1.29, 1.82) is 0 Å². The molecule has 0 unspecified atom stereocenters. The maximum atomic E-state index is 5.73. The average molecular weight is 262 g/mol. The van der Waals surface area contributed by atoms with Crippen molar-refractivity contribution in [2.75, 3.05) is 6.61 Å². The summed E-state index contributed by atoms with van der Waals surface area (Å²) in [6, 6.07) is 10.1. The number of benzene rings is 1. The fourth-order valence-corrected chi connectivity index (χ4v) is 2.04. The zero-order valence-corrected chi connectivity index (χ0v) is 11.7. The van der Waals surface area contributed by atoms with Gasteiger partial charge in [-0.15, -0.1) is 0 Å². The summed E-state index contributed by atoms with van der Waals surface area (Å²) in [7, 11) is 0. The monoisotopic (exact) mass is 262 g/mol. The minimum Gasteiger partial charge on any atom is -0.497 e. The SMILES string of the molecule is CC1(C)OC[C@@H](CCC=COCc2ccccc2)O1. The van der Waals surface area contributed by atoms with Gasteiger partial charge in [-0.3, -0.25) is 0 Å². The molecular weight excluding hydrogens is 240 g/mol. The van der Waals surface area contributed by atoms with Gasteiger partial charge >= 0.3 is 0 Å². The van der Waals surface area contributed by atoms with E-state index in [0.717, 1.165) is 12.8 Å². The van der Waals surface area contributed by atoms with Crippen molar-refractivity contribution in [2.45, 2.75) is 45.2 Å². The van der Waals surface area contributed by atoms with E-state index in [9.17, 15) is 0 Å². The van der Waals surface area contributed by atoms with E-state index in [1.165, 1.54) is 5.56 Å². The molecule has 0 aromatic heterocycles. The summed E-state index contributed by atoms with van der Waals surface area (Å²) in [4.78, 5) is 0. The molecule has 1 fully saturated rings. The van der Waals surface area contributed by atoms with Gasteiger partial charge in [0.25, 0.3) is 0 Å². The Kier molecular flexibility index (Phi) is 5.00. The summed E-state index contributed by atoms with van der Waals surface area (Å²) >= 11 is 0. The van der Waals surface area contributed by atoms with Crippen molar-refractivity contribution < 1.29 is 14.2 Å². The smallest absolute Gasteiger partial charge is 0.163 e. The summed E-state index contributed by atoms with van der Waals surface area (Å²) < 4.78 is 16.7. The van der Waals surface area contributed by atoms with Crippen LogP contribution in [0.2, 0.25) is 0 Å². The lowest BCUT2D eigenvalue weighted by Gasteiger charge is -2.16. The van der Waals surface area contributed by atoms with Crippen LogP contribution in [0.1, 0.15) is 32.3 Å². The number of hydrogen-bond donors (Lipinski definition) is 0. The van der Waals surface area contributed by atoms with E-state index in [-0.39, 0.29) is 6.10 Å². The molecule has 1 aromatic rings. The second kappa shape index (κ2) is 6.73. The first-order valence-corrected chi connectivity index (χ1v) is 6.78. The Morgan fingerprint density at radius 2 is 2.11 bits per heavy atom. The third-order valence-corrected chi connectivity index (χ3v) is 3.01. The first-order chi connectivity index (χ1) is 9.16. The predicted molar refractivity (Wildman–Crippen MR) is 74.5 cm³/mol. The van der Waals surface area contributed by atoms with Crippen molar-refractivity contribution >= 4 is 0 Å². The van der Waals surface area contributed by atoms with Crippen molar-refractivity contribution in [1.82, 2.24) is 0 Å². The second-order valence-corrected chi connectivity index (χ2v) is 5.20. The van der Waals surface area contributed by atoms with E-state index in [0.29, 0.717) is 13.2 Å². The van der Waals surface area contributed by atoms with Crippen molar-refractivity contribution in [3.63, 3.8) is 0 Å². The van der Waals surface area contributed by atoms with Gasteiger partial charge in [0, 0.05) is 0 Å². The Balaban J connectivity index is 1.58. The van der Waals surface area contributed by atoms with E-state index in [1.54, 1.807) is 6.26 Å². The quantitative estimate of drug-likeness (QED) is 0.732. The van der Waals surface area contributed by atoms with Gasteiger partial charge in [-0.25, -0.2) is 0 Å². The van der Waals surface area contributed by atoms with E-state index >= 15 is 0 Å². The summed E-state index contributed by atoms with van der Waals surface area (Å²) in [6.45, 7) is 5.21. The van der Waals surface area contributed by atoms with Crippen LogP contribution in [0.5, 0.6) is 0 Å². The maximum Gasteiger partial charge on any atom is 0.163 e. The normalized spacial score (nSPS) is 21.9. The molecular formula is C16H22O3. The highest BCUT2D eigenvalue weighted by atomic mass is 16.7. The van der Waals surface area contributed by atoms with Gasteiger partial charge in [0.05, 0.1) is 19.0 Å². The van der Waals surface area contributed by atoms with E-state index in [2.05, 4.69) is 12.1 Å². The molecule has 3 nitrogen and oxygen atoms in total. The topological polar surface area (TPSA) is 27.7 Å². The molecule has 2 rings (SSSR count). The molecule has 0 bridgehead atoms. The highest BCUT2D eigenvalue weighted by Gasteiger charge is 2.31. The highest BCUT2D eigenvalue weighted by molar-refractivity contribution is 5.13. The van der Waals surface area contributed by atoms with Gasteiger partial charge in [-0.05, 0) is 38.3 Å². The van der Waals surface area contributed by atoms with Crippen LogP contribution in [-0.4, -0.2) is 18.5 Å². The first kappa shape index (κ1) is 14.1. The Bertz CT molecular complexity index is 398. The summed E-state index contributed by atoms with van der Waals surface area (Å²) in [5, 5.41) is 0. The number of ether oxygens (including phenoxy) is 3. The molecule has 19 heavy (non-hydrogen) atoms. The maximum absolute atomic E-state index is 5.73. The molecule has 1 aliphatic rings. The molecule has 0 radical (unpaired) electrons. The molecule has 0 amide bonds. The van der Waals surface area contributed by atoms with Crippen molar-refractivity contribution in [3.05, 3.63) is 48.2 Å². The molecule has 1 saturated heterocycles. The Morgan fingerprint density at radius 3 is 2.79 bits per heavy atom. The number of hydrogen-bond acceptors (Lipinski definition) is 3. The van der Waals surface area contributed by atoms with Gasteiger partial charge < -0.3 is 14.2 Å². The zero-order chi connectivity index (χ0) is 13.6. The van der Waals surface area contributed by atoms with Crippen molar-refractivity contribution in [2.24, 2.45) is 0 Å². The lowest BCUT2D eigenvalue weighted by molar-refractivity contribution is -0.138. The van der Waals surface area contributed by atoms with Gasteiger partial charge in [-0.1, -0.05) is 30.3 Å². The van der Waals surface area contributed by atoms with Gasteiger partial charge in [0.2, 0.25) is 0 Å². The average Bonchev–Trinajstić information content (AvgIpc) is 2.74. The minimum atomic E-state index is -0.418. The second-order valence-electron chi connectivity index (χ2n) is 5.20. The van der Waals surface area contributed by atoms with Crippen LogP contribution in [0.4, 0.5) is 0 Å². The van der Waals surface area contributed by atoms with Crippen LogP contribution in [0.15, 0.2) is 42.7 Å². The third-order valence-electron chi connectivity index (χ3n) is 3.01. The molecule has 0 saturated carbocycles. The van der Waals surface area contributed by atoms with Crippen LogP contribution in [0.3, 0.4) is 0 Å². The van der Waals surface area contributed by atoms with Gasteiger partial charge in [-0.2, -0.15) is 0 Å². The molecule has 1 atom stereocenters. The van der Waals surface area contributed by atoms with E-state index < -0.39 is 5.79 Å². The lowest BCUT2D eigenvalue weighted by atomic mass is 10.2. The van der Waals surface area contributed by atoms with Gasteiger partial charge in [0.15, 0.2) is 5.79 Å². The first-order valence-electron chi connectivity index (χ1n) is 6.78. The van der Waals surface area contributed by atoms with E-state index in [1.807, 2.05) is 38.1 Å². The van der Waals surface area contributed by atoms with Crippen LogP contribution in [0.25, 0.3) is 0 Å². The Hall–Kier alpha value is -1.32. The molecule has 0 N–H and O–H groups in total. The summed E-state index contributed by atoms with van der Waals surface area (Å²) in [5.74, 6) is -0.418. The Labute approximate surface area is 115 Å². The largest absolute Gasteiger partial charge is 0.497 e. The minimum absolute atomic E-state index is 0.203. The fraction of sp³-hybridized carbons (Fsp3) is 0.500. The fourth-order valence-electron chi connectivity index (χ4n) is 2.04. The lowest BCUT2D eigenvalue weighted by Crippen LogP contribution is -2.21. The predicted octanol–water partition coefficient (Wildman–Crippen LogP) is 3.65. The molecule has 0 spiro atoms. The zero-order valence-electron chi connectivity index (χ0n) is 11.7. The van der Waals surface area contributed by atoms with Crippen LogP contribution in [0, 0.1) is 0 Å². The van der Waals surface area contributed by atoms with Crippen LogP contribution < -0.4 is 0 Å². The molecule has 1 aliphatic heterocycles. The standard InChI is InChI=1S/C16H22O3/c1-16(2)18-13-15(19-16)10-6-7-11-17-12-14-8-4-3-5-9-14/h3-5,7-9,11,15H,6,10,12-13H2,1-2H3/t15-/m1/s1. The summed E-state index contributed by atoms with van der Waals surface area (Å²) in [5.41, 5.74) is 1.18. The van der Waals surface area contributed by atoms with Crippen LogP contribution >= 0.6 is 0 Å². The van der Waals surface area contributed by atoms with E-state index in [4.69, 9.17) is 14.2 Å². The van der Waals surface area contributed by atoms with Gasteiger partial charge in [0.1, 0.15) is 6.61 Å². The molecule has 104 valence electrons. The molecule has 3 heteroatoms.